The molecular weight excluding hydrogens is 348 g/mol. The zero-order chi connectivity index (χ0) is 19.3. The van der Waals surface area contributed by atoms with Crippen molar-refractivity contribution in [2.75, 3.05) is 0 Å². The van der Waals surface area contributed by atoms with Gasteiger partial charge in [-0.25, -0.2) is 0 Å². The topological polar surface area (TPSA) is 94.5 Å². The molecule has 1 aliphatic rings. The van der Waals surface area contributed by atoms with Crippen molar-refractivity contribution >= 4 is 35.0 Å². The first kappa shape index (κ1) is 16.7. The summed E-state index contributed by atoms with van der Waals surface area (Å²) >= 11 is 0. The van der Waals surface area contributed by atoms with Crippen molar-refractivity contribution in [3.63, 3.8) is 0 Å². The molecule has 7 heteroatoms. The van der Waals surface area contributed by atoms with Crippen LogP contribution in [0.25, 0.3) is 22.0 Å². The molecule has 2 heterocycles. The van der Waals surface area contributed by atoms with Crippen LogP contribution in [0.4, 0.5) is 0 Å². The molecule has 2 amide bonds. The molecule has 0 fully saturated rings. The molecule has 4 rings (SSSR count). The molecule has 0 saturated carbocycles. The third kappa shape index (κ3) is 2.52. The Labute approximate surface area is 153 Å². The van der Waals surface area contributed by atoms with E-state index in [1.165, 1.54) is 6.92 Å². The monoisotopic (exact) mass is 362 g/mol. The third-order valence-corrected chi connectivity index (χ3v) is 4.60. The lowest BCUT2D eigenvalue weighted by Crippen LogP contribution is -2.20. The molecule has 3 aromatic rings. The van der Waals surface area contributed by atoms with Crippen molar-refractivity contribution in [1.82, 2.24) is 9.88 Å². The molecule has 0 saturated heterocycles. The van der Waals surface area contributed by atoms with Gasteiger partial charge in [0.25, 0.3) is 11.8 Å². The van der Waals surface area contributed by atoms with Crippen LogP contribution in [-0.4, -0.2) is 28.6 Å². The number of nitrogens with one attached hydrogen (secondary N) is 1. The summed E-state index contributed by atoms with van der Waals surface area (Å²) in [6.45, 7) is 1.30. The van der Waals surface area contributed by atoms with Crippen LogP contribution in [0.5, 0.6) is 5.75 Å². The van der Waals surface area contributed by atoms with Crippen molar-refractivity contribution < 1.29 is 23.9 Å². The number of amides is 2. The van der Waals surface area contributed by atoms with Gasteiger partial charge in [-0.15, -0.1) is 0 Å². The van der Waals surface area contributed by atoms with Gasteiger partial charge in [-0.1, -0.05) is 12.1 Å². The summed E-state index contributed by atoms with van der Waals surface area (Å²) in [7, 11) is 1.71. The number of carbonyl (C=O) groups is 4. The number of fused-ring (bicyclic) bond motifs is 3. The molecule has 134 valence electrons. The fraction of sp³-hybridized carbons (Fsp3) is 0.100. The minimum atomic E-state index is -0.499. The Morgan fingerprint density at radius 2 is 1.85 bits per heavy atom. The number of ether oxygens (including phenoxy) is 1. The van der Waals surface area contributed by atoms with Gasteiger partial charge >= 0.3 is 5.97 Å². The van der Waals surface area contributed by atoms with Crippen molar-refractivity contribution in [3.05, 3.63) is 53.2 Å². The smallest absolute Gasteiger partial charge is 0.308 e. The number of hydrogen-bond donors (Lipinski definition) is 1. The molecule has 0 unspecified atom stereocenters. The zero-order valence-corrected chi connectivity index (χ0v) is 14.5. The minimum absolute atomic E-state index is 0.245. The molecule has 0 radical (unpaired) electrons. The zero-order valence-electron chi connectivity index (χ0n) is 14.5. The highest BCUT2D eigenvalue weighted by molar-refractivity contribution is 6.29. The SMILES string of the molecule is CC(=O)Oc1cccc(-c2cc3c(cc(C=O)n3C)c3c2C(=O)NC3=O)c1. The number of hydrogen-bond acceptors (Lipinski definition) is 5. The molecule has 1 N–H and O–H groups in total. The first-order valence-electron chi connectivity index (χ1n) is 8.17. The second-order valence-corrected chi connectivity index (χ2v) is 6.26. The fourth-order valence-electron chi connectivity index (χ4n) is 3.43. The van der Waals surface area contributed by atoms with E-state index < -0.39 is 17.8 Å². The number of esters is 1. The number of carbonyl (C=O) groups excluding carboxylic acids is 4. The van der Waals surface area contributed by atoms with E-state index in [9.17, 15) is 19.2 Å². The van der Waals surface area contributed by atoms with Crippen LogP contribution >= 0.6 is 0 Å². The van der Waals surface area contributed by atoms with Gasteiger partial charge in [-0.3, -0.25) is 24.5 Å². The lowest BCUT2D eigenvalue weighted by Gasteiger charge is -2.10. The van der Waals surface area contributed by atoms with Crippen LogP contribution in [0, 0.1) is 0 Å². The van der Waals surface area contributed by atoms with Crippen LogP contribution < -0.4 is 10.1 Å². The molecule has 1 aliphatic heterocycles. The number of rotatable bonds is 3. The number of aromatic nitrogens is 1. The third-order valence-electron chi connectivity index (χ3n) is 4.60. The van der Waals surface area contributed by atoms with E-state index in [2.05, 4.69) is 5.32 Å². The Morgan fingerprint density at radius 1 is 1.11 bits per heavy atom. The van der Waals surface area contributed by atoms with Crippen LogP contribution in [0.2, 0.25) is 0 Å². The van der Waals surface area contributed by atoms with Crippen LogP contribution in [-0.2, 0) is 11.8 Å². The Kier molecular flexibility index (Phi) is 3.66. The van der Waals surface area contributed by atoms with E-state index in [1.54, 1.807) is 48.0 Å². The van der Waals surface area contributed by atoms with Gasteiger partial charge in [0.1, 0.15) is 5.75 Å². The predicted octanol–water partition coefficient (Wildman–Crippen LogP) is 2.47. The summed E-state index contributed by atoms with van der Waals surface area (Å²) in [6.07, 6.45) is 0.696. The second-order valence-electron chi connectivity index (χ2n) is 6.26. The number of benzene rings is 2. The van der Waals surface area contributed by atoms with Gasteiger partial charge < -0.3 is 9.30 Å². The summed E-state index contributed by atoms with van der Waals surface area (Å²) in [6, 6.07) is 10.1. The highest BCUT2D eigenvalue weighted by atomic mass is 16.5. The molecule has 0 bridgehead atoms. The first-order valence-corrected chi connectivity index (χ1v) is 8.17. The van der Waals surface area contributed by atoms with Crippen molar-refractivity contribution in [2.45, 2.75) is 6.92 Å². The molecule has 0 spiro atoms. The highest BCUT2D eigenvalue weighted by Crippen LogP contribution is 2.37. The molecule has 2 aromatic carbocycles. The maximum absolute atomic E-state index is 12.4. The lowest BCUT2D eigenvalue weighted by atomic mass is 9.94. The molecule has 0 aliphatic carbocycles. The quantitative estimate of drug-likeness (QED) is 0.334. The van der Waals surface area contributed by atoms with E-state index in [0.29, 0.717) is 39.8 Å². The van der Waals surface area contributed by atoms with Crippen LogP contribution in [0.3, 0.4) is 0 Å². The Balaban J connectivity index is 2.04. The van der Waals surface area contributed by atoms with E-state index in [1.807, 2.05) is 0 Å². The first-order chi connectivity index (χ1) is 12.9. The van der Waals surface area contributed by atoms with Gasteiger partial charge in [0.15, 0.2) is 6.29 Å². The Hall–Kier alpha value is -3.74. The van der Waals surface area contributed by atoms with Crippen LogP contribution in [0.1, 0.15) is 38.1 Å². The van der Waals surface area contributed by atoms with Crippen molar-refractivity contribution in [3.8, 4) is 16.9 Å². The van der Waals surface area contributed by atoms with Crippen molar-refractivity contribution in [1.29, 1.82) is 0 Å². The summed E-state index contributed by atoms with van der Waals surface area (Å²) < 4.78 is 6.78. The summed E-state index contributed by atoms with van der Waals surface area (Å²) in [4.78, 5) is 47.4. The summed E-state index contributed by atoms with van der Waals surface area (Å²) in [5, 5.41) is 2.86. The largest absolute Gasteiger partial charge is 0.427 e. The van der Waals surface area contributed by atoms with Gasteiger partial charge in [0.2, 0.25) is 0 Å². The number of aldehydes is 1. The standard InChI is InChI=1S/C20H14N2O5/c1-10(24)27-13-5-3-4-11(6-13)14-8-16-15(7-12(9-23)22(16)2)18-17(14)19(25)21-20(18)26/h3-9H,1-2H3,(H,21,25,26). The van der Waals surface area contributed by atoms with Gasteiger partial charge in [-0.2, -0.15) is 0 Å². The Morgan fingerprint density at radius 3 is 2.56 bits per heavy atom. The Bertz CT molecular complexity index is 1170. The van der Waals surface area contributed by atoms with Gasteiger partial charge in [0.05, 0.1) is 16.8 Å². The average Bonchev–Trinajstić information content (AvgIpc) is 3.10. The summed E-state index contributed by atoms with van der Waals surface area (Å²) in [5.41, 5.74) is 2.67. The molecule has 0 atom stereocenters. The lowest BCUT2D eigenvalue weighted by molar-refractivity contribution is -0.131. The van der Waals surface area contributed by atoms with Gasteiger partial charge in [0, 0.05) is 24.9 Å². The fourth-order valence-corrected chi connectivity index (χ4v) is 3.43. The highest BCUT2D eigenvalue weighted by Gasteiger charge is 2.33. The van der Waals surface area contributed by atoms with E-state index >= 15 is 0 Å². The molecule has 7 nitrogen and oxygen atoms in total. The van der Waals surface area contributed by atoms with Crippen molar-refractivity contribution in [2.24, 2.45) is 7.05 Å². The van der Waals surface area contributed by atoms with Gasteiger partial charge in [-0.05, 0) is 35.4 Å². The molecular formula is C20H14N2O5. The predicted molar refractivity (Wildman–Crippen MR) is 96.8 cm³/mol. The van der Waals surface area contributed by atoms with Crippen LogP contribution in [0.15, 0.2) is 36.4 Å². The summed E-state index contributed by atoms with van der Waals surface area (Å²) in [5.74, 6) is -1.12. The number of nitrogens with zero attached hydrogens (tertiary/aromatic N) is 1. The number of imide groups is 1. The normalized spacial score (nSPS) is 12.8. The maximum Gasteiger partial charge on any atom is 0.308 e. The van der Waals surface area contributed by atoms with E-state index in [-0.39, 0.29) is 11.1 Å². The average molecular weight is 362 g/mol. The van der Waals surface area contributed by atoms with E-state index in [4.69, 9.17) is 4.74 Å². The second kappa shape index (κ2) is 5.91. The molecule has 1 aromatic heterocycles. The minimum Gasteiger partial charge on any atom is -0.427 e. The molecule has 27 heavy (non-hydrogen) atoms. The number of aryl methyl sites for hydroxylation is 1. The van der Waals surface area contributed by atoms with E-state index in [0.717, 1.165) is 0 Å². The maximum atomic E-state index is 12.4.